The van der Waals surface area contributed by atoms with E-state index in [0.717, 1.165) is 29.3 Å². The number of halogens is 1. The molecule has 1 aliphatic heterocycles. The molecule has 1 atom stereocenters. The summed E-state index contributed by atoms with van der Waals surface area (Å²) in [6, 6.07) is 8.87. The Morgan fingerprint density at radius 2 is 2.04 bits per heavy atom. The number of hydrogen-bond acceptors (Lipinski definition) is 5. The van der Waals surface area contributed by atoms with Gasteiger partial charge in [-0.2, -0.15) is 0 Å². The lowest BCUT2D eigenvalue weighted by molar-refractivity contribution is 0.275. The SMILES string of the molecule is C=C1C(CC)N(C)CNc2cccc(n2)-c2cc(F)cc3nc(C)n(c23)N1C. The van der Waals surface area contributed by atoms with E-state index in [2.05, 4.69) is 35.8 Å². The van der Waals surface area contributed by atoms with Gasteiger partial charge in [-0.25, -0.2) is 19.0 Å². The van der Waals surface area contributed by atoms with Crippen molar-refractivity contribution in [2.24, 2.45) is 0 Å². The van der Waals surface area contributed by atoms with Crippen LogP contribution in [-0.2, 0) is 0 Å². The normalized spacial score (nSPS) is 18.0. The van der Waals surface area contributed by atoms with Crippen molar-refractivity contribution in [3.05, 3.63) is 54.2 Å². The van der Waals surface area contributed by atoms with Gasteiger partial charge < -0.3 is 5.32 Å². The van der Waals surface area contributed by atoms with Gasteiger partial charge >= 0.3 is 0 Å². The molecule has 6 nitrogen and oxygen atoms in total. The first kappa shape index (κ1) is 18.4. The van der Waals surface area contributed by atoms with E-state index < -0.39 is 0 Å². The standard InChI is InChI=1S/C21H25FN6/c1-6-19-13(2)27(5)28-14(3)24-18-11-15(22)10-16(21(18)28)17-8-7-9-20(25-17)23-12-26(19)4/h7-11,19H,2,6,12H2,1,3-5H3,(H,23,25). The Kier molecular flexibility index (Phi) is 4.55. The first-order valence-electron chi connectivity index (χ1n) is 9.43. The molecule has 3 aromatic rings. The molecule has 0 saturated heterocycles. The summed E-state index contributed by atoms with van der Waals surface area (Å²) >= 11 is 0. The van der Waals surface area contributed by atoms with Crippen LogP contribution in [-0.4, -0.2) is 46.3 Å². The molecule has 1 aliphatic rings. The zero-order chi connectivity index (χ0) is 20.0. The number of hydrogen-bond donors (Lipinski definition) is 1. The van der Waals surface area contributed by atoms with Crippen molar-refractivity contribution in [3.63, 3.8) is 0 Å². The zero-order valence-corrected chi connectivity index (χ0v) is 16.7. The Morgan fingerprint density at radius 1 is 1.25 bits per heavy atom. The average Bonchev–Trinajstić information content (AvgIpc) is 3.00. The molecular weight excluding hydrogens is 355 g/mol. The number of likely N-dealkylation sites (N-methyl/N-ethyl adjacent to an activating group) is 2. The molecule has 0 fully saturated rings. The van der Waals surface area contributed by atoms with Gasteiger partial charge in [0.2, 0.25) is 0 Å². The molecule has 0 spiro atoms. The lowest BCUT2D eigenvalue weighted by Gasteiger charge is -2.35. The highest BCUT2D eigenvalue weighted by atomic mass is 19.1. The van der Waals surface area contributed by atoms with Crippen LogP contribution in [0.4, 0.5) is 10.2 Å². The maximum atomic E-state index is 14.4. The number of aromatic nitrogens is 3. The van der Waals surface area contributed by atoms with E-state index in [1.54, 1.807) is 0 Å². The molecular formula is C21H25FN6. The molecule has 2 aromatic heterocycles. The number of imidazole rings is 1. The van der Waals surface area contributed by atoms with Crippen LogP contribution in [0.3, 0.4) is 0 Å². The fraction of sp³-hybridized carbons (Fsp3) is 0.333. The minimum atomic E-state index is -0.327. The van der Waals surface area contributed by atoms with Crippen LogP contribution >= 0.6 is 0 Å². The van der Waals surface area contributed by atoms with E-state index in [0.29, 0.717) is 23.4 Å². The molecule has 1 unspecified atom stereocenters. The number of anilines is 1. The summed E-state index contributed by atoms with van der Waals surface area (Å²) in [6.07, 6.45) is 0.905. The highest BCUT2D eigenvalue weighted by Gasteiger charge is 2.25. The van der Waals surface area contributed by atoms with E-state index in [1.807, 2.05) is 41.9 Å². The number of pyridine rings is 1. The van der Waals surface area contributed by atoms with Gasteiger partial charge in [-0.3, -0.25) is 9.91 Å². The molecule has 0 amide bonds. The van der Waals surface area contributed by atoms with E-state index in [9.17, 15) is 4.39 Å². The quantitative estimate of drug-likeness (QED) is 0.697. The van der Waals surface area contributed by atoms with Crippen molar-refractivity contribution in [2.75, 3.05) is 31.1 Å². The smallest absolute Gasteiger partial charge is 0.127 e. The predicted octanol–water partition coefficient (Wildman–Crippen LogP) is 3.72. The van der Waals surface area contributed by atoms with Crippen molar-refractivity contribution in [1.29, 1.82) is 0 Å². The van der Waals surface area contributed by atoms with Gasteiger partial charge in [0.25, 0.3) is 0 Å². The summed E-state index contributed by atoms with van der Waals surface area (Å²) in [6.45, 7) is 9.06. The van der Waals surface area contributed by atoms with Gasteiger partial charge in [-0.05, 0) is 38.6 Å². The summed E-state index contributed by atoms with van der Waals surface area (Å²) in [7, 11) is 4.04. The van der Waals surface area contributed by atoms with E-state index >= 15 is 0 Å². The predicted molar refractivity (Wildman–Crippen MR) is 111 cm³/mol. The second-order valence-corrected chi connectivity index (χ2v) is 7.23. The molecule has 0 saturated carbocycles. The van der Waals surface area contributed by atoms with E-state index in [-0.39, 0.29) is 11.9 Å². The number of aryl methyl sites for hydroxylation is 1. The fourth-order valence-electron chi connectivity index (χ4n) is 3.98. The Morgan fingerprint density at radius 3 is 2.79 bits per heavy atom. The molecule has 3 heterocycles. The fourth-order valence-corrected chi connectivity index (χ4v) is 3.98. The first-order chi connectivity index (χ1) is 13.4. The molecule has 146 valence electrons. The molecule has 4 rings (SSSR count). The van der Waals surface area contributed by atoms with Gasteiger partial charge in [0.05, 0.1) is 29.4 Å². The Balaban J connectivity index is 2.04. The minimum Gasteiger partial charge on any atom is -0.357 e. The lowest BCUT2D eigenvalue weighted by atomic mass is 10.1. The van der Waals surface area contributed by atoms with Crippen LogP contribution in [0.25, 0.3) is 22.3 Å². The van der Waals surface area contributed by atoms with Crippen LogP contribution in [0.15, 0.2) is 42.6 Å². The number of rotatable bonds is 1. The zero-order valence-electron chi connectivity index (χ0n) is 16.7. The van der Waals surface area contributed by atoms with Crippen molar-refractivity contribution in [2.45, 2.75) is 26.3 Å². The van der Waals surface area contributed by atoms with Gasteiger partial charge in [0, 0.05) is 24.4 Å². The van der Waals surface area contributed by atoms with Gasteiger partial charge in [-0.15, -0.1) is 0 Å². The molecule has 0 aliphatic carbocycles. The third-order valence-electron chi connectivity index (χ3n) is 5.41. The van der Waals surface area contributed by atoms with Crippen LogP contribution in [0.5, 0.6) is 0 Å². The monoisotopic (exact) mass is 380 g/mol. The summed E-state index contributed by atoms with van der Waals surface area (Å²) in [5, 5.41) is 5.38. The number of nitrogens with zero attached hydrogens (tertiary/aromatic N) is 5. The van der Waals surface area contributed by atoms with Crippen molar-refractivity contribution in [3.8, 4) is 11.3 Å². The molecule has 1 N–H and O–H groups in total. The third-order valence-corrected chi connectivity index (χ3v) is 5.41. The summed E-state index contributed by atoms with van der Waals surface area (Å²) in [5.41, 5.74) is 3.78. The number of nitrogens with one attached hydrogen (secondary N) is 1. The van der Waals surface area contributed by atoms with E-state index in [1.165, 1.54) is 12.1 Å². The highest BCUT2D eigenvalue weighted by molar-refractivity contribution is 5.92. The Labute approximate surface area is 164 Å². The van der Waals surface area contributed by atoms with Crippen LogP contribution in [0.1, 0.15) is 19.2 Å². The molecule has 0 radical (unpaired) electrons. The van der Waals surface area contributed by atoms with Gasteiger partial charge in [-0.1, -0.05) is 19.6 Å². The maximum absolute atomic E-state index is 14.4. The largest absolute Gasteiger partial charge is 0.357 e. The molecule has 7 heteroatoms. The van der Waals surface area contributed by atoms with Gasteiger partial charge in [0.1, 0.15) is 17.5 Å². The van der Waals surface area contributed by atoms with Crippen molar-refractivity contribution < 1.29 is 4.39 Å². The van der Waals surface area contributed by atoms with Crippen LogP contribution in [0, 0.1) is 12.7 Å². The summed E-state index contributed by atoms with van der Waals surface area (Å²) in [4.78, 5) is 11.6. The third kappa shape index (κ3) is 2.92. The highest BCUT2D eigenvalue weighted by Crippen LogP contribution is 2.32. The Bertz CT molecular complexity index is 1060. The second-order valence-electron chi connectivity index (χ2n) is 7.23. The maximum Gasteiger partial charge on any atom is 0.127 e. The van der Waals surface area contributed by atoms with Crippen molar-refractivity contribution in [1.82, 2.24) is 19.5 Å². The van der Waals surface area contributed by atoms with Crippen LogP contribution in [0.2, 0.25) is 0 Å². The molecule has 2 bridgehead atoms. The lowest BCUT2D eigenvalue weighted by Crippen LogP contribution is -2.44. The Hall–Kier alpha value is -2.93. The van der Waals surface area contributed by atoms with Gasteiger partial charge in [0.15, 0.2) is 0 Å². The first-order valence-corrected chi connectivity index (χ1v) is 9.43. The minimum absolute atomic E-state index is 0.126. The molecule has 28 heavy (non-hydrogen) atoms. The van der Waals surface area contributed by atoms with Crippen molar-refractivity contribution >= 4 is 16.9 Å². The molecule has 1 aromatic carbocycles. The average molecular weight is 380 g/mol. The summed E-state index contributed by atoms with van der Waals surface area (Å²) in [5.74, 6) is 1.19. The van der Waals surface area contributed by atoms with Crippen LogP contribution < -0.4 is 10.3 Å². The summed E-state index contributed by atoms with van der Waals surface area (Å²) < 4.78 is 16.4. The number of fused-ring (bicyclic) bond motifs is 3. The second kappa shape index (κ2) is 6.91. The topological polar surface area (TPSA) is 49.2 Å². The van der Waals surface area contributed by atoms with E-state index in [4.69, 9.17) is 4.98 Å². The number of benzene rings is 1.